The molecule has 3 rings (SSSR count). The first-order valence-electron chi connectivity index (χ1n) is 11.4. The van der Waals surface area contributed by atoms with Crippen LogP contribution < -0.4 is 10.2 Å². The molecule has 0 radical (unpaired) electrons. The van der Waals surface area contributed by atoms with Crippen LogP contribution in [-0.2, 0) is 14.3 Å². The normalized spacial score (nSPS) is 19.7. The maximum atomic E-state index is 12.8. The Balaban J connectivity index is 1.45. The highest BCUT2D eigenvalue weighted by Gasteiger charge is 2.26. The van der Waals surface area contributed by atoms with E-state index in [9.17, 15) is 4.79 Å². The van der Waals surface area contributed by atoms with Crippen LogP contribution in [-0.4, -0.2) is 101 Å². The fourth-order valence-corrected chi connectivity index (χ4v) is 4.07. The smallest absolute Gasteiger partial charge is 0.244 e. The van der Waals surface area contributed by atoms with E-state index in [-0.39, 0.29) is 12.5 Å². The molecule has 8 heteroatoms. The predicted molar refractivity (Wildman–Crippen MR) is 124 cm³/mol. The monoisotopic (exact) mass is 431 g/mol. The zero-order valence-corrected chi connectivity index (χ0v) is 19.0. The molecule has 1 aromatic carbocycles. The molecule has 1 amide bonds. The van der Waals surface area contributed by atoms with E-state index in [0.717, 1.165) is 64.8 Å². The van der Waals surface area contributed by atoms with Crippen LogP contribution in [0.1, 0.15) is 13.3 Å². The quantitative estimate of drug-likeness (QED) is 0.361. The molecule has 2 saturated heterocycles. The second kappa shape index (κ2) is 12.5. The van der Waals surface area contributed by atoms with E-state index < -0.39 is 0 Å². The lowest BCUT2D eigenvalue weighted by molar-refractivity contribution is -0.129. The first-order valence-corrected chi connectivity index (χ1v) is 11.4. The van der Waals surface area contributed by atoms with Gasteiger partial charge in [0.15, 0.2) is 5.96 Å². The summed E-state index contributed by atoms with van der Waals surface area (Å²) in [6, 6.07) is 10.4. The molecule has 2 fully saturated rings. The first kappa shape index (κ1) is 23.3. The summed E-state index contributed by atoms with van der Waals surface area (Å²) in [7, 11) is 1.68. The van der Waals surface area contributed by atoms with Gasteiger partial charge in [-0.3, -0.25) is 4.79 Å². The Morgan fingerprint density at radius 1 is 1.10 bits per heavy atom. The van der Waals surface area contributed by atoms with E-state index >= 15 is 0 Å². The number of ether oxygens (including phenoxy) is 2. The number of carbonyl (C=O) groups is 1. The molecule has 31 heavy (non-hydrogen) atoms. The minimum atomic E-state index is 0.0989. The fraction of sp³-hybridized carbons (Fsp3) is 0.652. The number of rotatable bonds is 9. The Bertz CT molecular complexity index is 692. The minimum Gasteiger partial charge on any atom is -0.382 e. The van der Waals surface area contributed by atoms with Crippen LogP contribution in [0.25, 0.3) is 0 Å². The van der Waals surface area contributed by atoms with Gasteiger partial charge >= 0.3 is 0 Å². The van der Waals surface area contributed by atoms with Crippen LogP contribution >= 0.6 is 0 Å². The average molecular weight is 432 g/mol. The molecule has 0 saturated carbocycles. The van der Waals surface area contributed by atoms with Crippen molar-refractivity contribution in [2.45, 2.75) is 13.3 Å². The van der Waals surface area contributed by atoms with Crippen molar-refractivity contribution in [2.24, 2.45) is 10.9 Å². The van der Waals surface area contributed by atoms with Crippen molar-refractivity contribution in [3.8, 4) is 0 Å². The number of nitrogens with one attached hydrogen (secondary N) is 1. The van der Waals surface area contributed by atoms with E-state index in [1.54, 1.807) is 7.11 Å². The van der Waals surface area contributed by atoms with Crippen molar-refractivity contribution in [1.29, 1.82) is 0 Å². The molecule has 0 bridgehead atoms. The molecule has 1 unspecified atom stereocenters. The number of hydrogen-bond acceptors (Lipinski definition) is 5. The number of guanidine groups is 1. The number of carbonyl (C=O) groups excluding carboxylic acids is 1. The number of amides is 1. The second-order valence-electron chi connectivity index (χ2n) is 8.04. The summed E-state index contributed by atoms with van der Waals surface area (Å²) in [6.07, 6.45) is 1.08. The highest BCUT2D eigenvalue weighted by Crippen LogP contribution is 2.17. The Morgan fingerprint density at radius 3 is 2.58 bits per heavy atom. The van der Waals surface area contributed by atoms with Crippen molar-refractivity contribution < 1.29 is 14.3 Å². The Morgan fingerprint density at radius 2 is 1.87 bits per heavy atom. The van der Waals surface area contributed by atoms with Crippen LogP contribution in [0.2, 0.25) is 0 Å². The van der Waals surface area contributed by atoms with Crippen molar-refractivity contribution in [2.75, 3.05) is 84.2 Å². The number of likely N-dealkylation sites (tertiary alicyclic amines) is 1. The molecule has 8 nitrogen and oxygen atoms in total. The predicted octanol–water partition coefficient (Wildman–Crippen LogP) is 1.29. The summed E-state index contributed by atoms with van der Waals surface area (Å²) in [5.41, 5.74) is 1.22. The summed E-state index contributed by atoms with van der Waals surface area (Å²) >= 11 is 0. The van der Waals surface area contributed by atoms with Gasteiger partial charge in [0.1, 0.15) is 6.54 Å². The lowest BCUT2D eigenvalue weighted by Gasteiger charge is -2.36. The number of methoxy groups -OCH3 is 1. The summed E-state index contributed by atoms with van der Waals surface area (Å²) in [4.78, 5) is 23.9. The molecule has 0 spiro atoms. The van der Waals surface area contributed by atoms with Gasteiger partial charge in [-0.15, -0.1) is 0 Å². The number of benzene rings is 1. The van der Waals surface area contributed by atoms with Gasteiger partial charge in [0.2, 0.25) is 5.91 Å². The summed E-state index contributed by atoms with van der Waals surface area (Å²) in [5, 5.41) is 3.34. The van der Waals surface area contributed by atoms with E-state index in [4.69, 9.17) is 9.47 Å². The van der Waals surface area contributed by atoms with Crippen molar-refractivity contribution in [3.63, 3.8) is 0 Å². The number of hydrogen-bond donors (Lipinski definition) is 1. The van der Waals surface area contributed by atoms with Crippen molar-refractivity contribution in [3.05, 3.63) is 30.3 Å². The van der Waals surface area contributed by atoms with E-state index in [2.05, 4.69) is 51.3 Å². The molecular formula is C23H37N5O3. The third-order valence-electron chi connectivity index (χ3n) is 5.82. The molecular weight excluding hydrogens is 394 g/mol. The molecule has 1 aromatic rings. The largest absolute Gasteiger partial charge is 0.382 e. The standard InChI is InChI=1S/C23H37N5O3/c1-3-24-23(28-10-9-20(18-28)19-31-16-15-30-2)25-17-22(29)27-13-11-26(12-14-27)21-7-5-4-6-8-21/h4-8,20H,3,9-19H2,1-2H3,(H,24,25). The number of anilines is 1. The minimum absolute atomic E-state index is 0.0989. The van der Waals surface area contributed by atoms with Crippen LogP contribution in [0.15, 0.2) is 35.3 Å². The van der Waals surface area contributed by atoms with Crippen molar-refractivity contribution >= 4 is 17.6 Å². The zero-order valence-electron chi connectivity index (χ0n) is 19.0. The van der Waals surface area contributed by atoms with Gasteiger partial charge in [-0.25, -0.2) is 4.99 Å². The zero-order chi connectivity index (χ0) is 21.9. The van der Waals surface area contributed by atoms with Gasteiger partial charge in [-0.1, -0.05) is 18.2 Å². The molecule has 2 aliphatic rings. The Labute approximate surface area is 186 Å². The van der Waals surface area contributed by atoms with Crippen LogP contribution in [0.5, 0.6) is 0 Å². The van der Waals surface area contributed by atoms with E-state index in [1.807, 2.05) is 11.0 Å². The third kappa shape index (κ3) is 7.11. The van der Waals surface area contributed by atoms with Crippen molar-refractivity contribution in [1.82, 2.24) is 15.1 Å². The van der Waals surface area contributed by atoms with Crippen LogP contribution in [0.4, 0.5) is 5.69 Å². The Hall–Kier alpha value is -2.32. The van der Waals surface area contributed by atoms with Gasteiger partial charge in [0.25, 0.3) is 0 Å². The molecule has 0 aliphatic carbocycles. The fourth-order valence-electron chi connectivity index (χ4n) is 4.07. The summed E-state index contributed by atoms with van der Waals surface area (Å²) in [6.45, 7) is 10.1. The summed E-state index contributed by atoms with van der Waals surface area (Å²) in [5.74, 6) is 1.42. The number of piperazine rings is 1. The molecule has 0 aromatic heterocycles. The third-order valence-corrected chi connectivity index (χ3v) is 5.82. The molecule has 172 valence electrons. The van der Waals surface area contributed by atoms with Gasteiger partial charge in [-0.05, 0) is 25.5 Å². The first-order chi connectivity index (χ1) is 15.2. The Kier molecular flexibility index (Phi) is 9.42. The second-order valence-corrected chi connectivity index (χ2v) is 8.04. The van der Waals surface area contributed by atoms with Crippen LogP contribution in [0, 0.1) is 5.92 Å². The van der Waals surface area contributed by atoms with E-state index in [1.165, 1.54) is 5.69 Å². The highest BCUT2D eigenvalue weighted by molar-refractivity contribution is 5.85. The van der Waals surface area contributed by atoms with Gasteiger partial charge in [-0.2, -0.15) is 0 Å². The van der Waals surface area contributed by atoms with Gasteiger partial charge < -0.3 is 29.5 Å². The number of para-hydroxylation sites is 1. The van der Waals surface area contributed by atoms with Gasteiger partial charge in [0.05, 0.1) is 19.8 Å². The lowest BCUT2D eigenvalue weighted by atomic mass is 10.1. The maximum Gasteiger partial charge on any atom is 0.244 e. The SMILES string of the molecule is CCNC(=NCC(=O)N1CCN(c2ccccc2)CC1)N1CCC(COCCOC)C1. The topological polar surface area (TPSA) is 69.6 Å². The van der Waals surface area contributed by atoms with Crippen LogP contribution in [0.3, 0.4) is 0 Å². The molecule has 2 heterocycles. The average Bonchev–Trinajstić information content (AvgIpc) is 3.29. The highest BCUT2D eigenvalue weighted by atomic mass is 16.5. The molecule has 1 N–H and O–H groups in total. The lowest BCUT2D eigenvalue weighted by Crippen LogP contribution is -2.49. The number of aliphatic imine (C=N–C) groups is 1. The molecule has 1 atom stereocenters. The number of nitrogens with zero attached hydrogens (tertiary/aromatic N) is 4. The van der Waals surface area contributed by atoms with E-state index in [0.29, 0.717) is 19.1 Å². The molecule has 2 aliphatic heterocycles. The summed E-state index contributed by atoms with van der Waals surface area (Å²) < 4.78 is 10.7. The maximum absolute atomic E-state index is 12.8. The van der Waals surface area contributed by atoms with Gasteiger partial charge in [0, 0.05) is 64.5 Å².